The first-order valence-corrected chi connectivity index (χ1v) is 21.5. The Morgan fingerprint density at radius 2 is 1.91 bits per heavy atom. The zero-order valence-corrected chi connectivity index (χ0v) is 32.7. The zero-order chi connectivity index (χ0) is 39.9. The van der Waals surface area contributed by atoms with Crippen molar-refractivity contribution in [3.8, 4) is 22.9 Å². The highest BCUT2D eigenvalue weighted by atomic mass is 32.2. The van der Waals surface area contributed by atoms with Crippen molar-refractivity contribution in [1.82, 2.24) is 24.9 Å². The Kier molecular flexibility index (Phi) is 10.6. The number of rotatable bonds is 9. The summed E-state index contributed by atoms with van der Waals surface area (Å²) >= 11 is 1.16. The lowest BCUT2D eigenvalue weighted by molar-refractivity contribution is -0.140. The topological polar surface area (TPSA) is 169 Å². The number of aromatic nitrogens is 2. The molecule has 2 aliphatic carbocycles. The van der Waals surface area contributed by atoms with E-state index in [4.69, 9.17) is 9.47 Å². The Morgan fingerprint density at radius 1 is 1.07 bits per heavy atom. The molecule has 3 fully saturated rings. The fourth-order valence-corrected chi connectivity index (χ4v) is 9.79. The van der Waals surface area contributed by atoms with Crippen LogP contribution in [0.25, 0.3) is 22.0 Å². The Balaban J connectivity index is 1.10. The van der Waals surface area contributed by atoms with Crippen molar-refractivity contribution in [2.75, 3.05) is 19.0 Å². The molecule has 2 aromatic heterocycles. The normalized spacial score (nSPS) is 26.0. The number of nitrogens with one attached hydrogen (secondary N) is 3. The van der Waals surface area contributed by atoms with Crippen LogP contribution in [0.4, 0.5) is 13.9 Å². The molecule has 13 nitrogen and oxygen atoms in total. The summed E-state index contributed by atoms with van der Waals surface area (Å²) in [4.78, 5) is 53.4. The number of fused-ring (bicyclic) bond motifs is 3. The summed E-state index contributed by atoms with van der Waals surface area (Å²) in [5.74, 6) is -2.77. The molecular weight excluding hydrogens is 779 g/mol. The molecule has 4 aromatic rings. The lowest BCUT2D eigenvalue weighted by Crippen LogP contribution is -2.57. The standard InChI is InChI=1S/C40H42F2N6O7S2/c1-54-26-10-14-29-23(17-26)15-16-43-36(29)55-27-19-34-35(49)46-40(38(51)47-57(52,53)28-11-12-28)20-24(40)7-5-3-2-4-6-8-32(37(50)48(34)21-27)44-39-45-33(22-56-39)30-13-9-25(41)18-31(30)42/h5,7,9-10,13-18,22,24,27-28,32,34H,2-4,6,8,11-12,19-21H2,1H3,(H,44,45)(H,46,49)(H,47,51)/b7-5-/t24-,27-,32+,34+,40+/m1/s1. The number of methoxy groups -OCH3 is 1. The second-order valence-corrected chi connectivity index (χ2v) is 17.9. The van der Waals surface area contributed by atoms with Crippen LogP contribution in [0.1, 0.15) is 57.8 Å². The predicted molar refractivity (Wildman–Crippen MR) is 209 cm³/mol. The van der Waals surface area contributed by atoms with Gasteiger partial charge in [-0.15, -0.1) is 11.3 Å². The van der Waals surface area contributed by atoms with E-state index in [9.17, 15) is 31.6 Å². The molecule has 4 heterocycles. The molecule has 0 unspecified atom stereocenters. The Hall–Kier alpha value is -5.16. The SMILES string of the molecule is COc1ccc2c(O[C@@H]3C[C@H]4C(=O)N[C@@]5(C(=O)NS(=O)(=O)C6CC6)C[C@H]5/C=C\CCCCC[C@H](Nc5nc(-c6ccc(F)cc6F)cs5)C(=O)N4C3)nccc2c1. The minimum Gasteiger partial charge on any atom is -0.497 e. The minimum atomic E-state index is -3.91. The van der Waals surface area contributed by atoms with Crippen LogP contribution in [0.15, 0.2) is 66.2 Å². The molecule has 17 heteroatoms. The number of carbonyl (C=O) groups excluding carboxylic acids is 3. The Morgan fingerprint density at radius 3 is 2.70 bits per heavy atom. The van der Waals surface area contributed by atoms with Crippen molar-refractivity contribution in [1.29, 1.82) is 0 Å². The van der Waals surface area contributed by atoms with Crippen molar-refractivity contribution in [2.45, 2.75) is 86.8 Å². The summed E-state index contributed by atoms with van der Waals surface area (Å²) in [6.07, 6.45) is 9.22. The van der Waals surface area contributed by atoms with Crippen LogP contribution in [0.3, 0.4) is 0 Å². The van der Waals surface area contributed by atoms with Gasteiger partial charge in [-0.05, 0) is 80.3 Å². The van der Waals surface area contributed by atoms with E-state index in [1.54, 1.807) is 24.8 Å². The van der Waals surface area contributed by atoms with Gasteiger partial charge in [-0.25, -0.2) is 27.2 Å². The third kappa shape index (κ3) is 8.17. The van der Waals surface area contributed by atoms with E-state index in [2.05, 4.69) is 25.3 Å². The fraction of sp³-hybridized carbons (Fsp3) is 0.425. The molecule has 2 aliphatic heterocycles. The molecule has 0 bridgehead atoms. The van der Waals surface area contributed by atoms with Gasteiger partial charge in [-0.1, -0.05) is 25.0 Å². The first kappa shape index (κ1) is 38.7. The molecule has 4 aliphatic rings. The molecule has 8 rings (SSSR count). The number of anilines is 1. The number of amides is 3. The highest BCUT2D eigenvalue weighted by Gasteiger charge is 2.62. The maximum absolute atomic E-state index is 14.7. The lowest BCUT2D eigenvalue weighted by atomic mass is 10.1. The fourth-order valence-electron chi connectivity index (χ4n) is 7.66. The van der Waals surface area contributed by atoms with Crippen LogP contribution < -0.4 is 24.8 Å². The second kappa shape index (κ2) is 15.6. The molecule has 2 saturated carbocycles. The van der Waals surface area contributed by atoms with Gasteiger partial charge in [0, 0.05) is 40.9 Å². The van der Waals surface area contributed by atoms with Gasteiger partial charge in [-0.3, -0.25) is 19.1 Å². The number of allylic oxidation sites excluding steroid dienone is 1. The van der Waals surface area contributed by atoms with E-state index in [0.29, 0.717) is 54.3 Å². The number of ether oxygens (including phenoxy) is 2. The summed E-state index contributed by atoms with van der Waals surface area (Å²) in [5.41, 5.74) is -1.13. The number of thiazole rings is 1. The molecule has 300 valence electrons. The van der Waals surface area contributed by atoms with E-state index < -0.39 is 74.3 Å². The quantitative estimate of drug-likeness (QED) is 0.184. The number of nitrogens with zero attached hydrogens (tertiary/aromatic N) is 3. The molecule has 57 heavy (non-hydrogen) atoms. The van der Waals surface area contributed by atoms with E-state index >= 15 is 0 Å². The first-order chi connectivity index (χ1) is 27.4. The monoisotopic (exact) mass is 820 g/mol. The van der Waals surface area contributed by atoms with Crippen LogP contribution in [0.2, 0.25) is 0 Å². The van der Waals surface area contributed by atoms with Crippen molar-refractivity contribution in [3.63, 3.8) is 0 Å². The molecule has 0 spiro atoms. The smallest absolute Gasteiger partial charge is 0.259 e. The highest BCUT2D eigenvalue weighted by molar-refractivity contribution is 7.91. The van der Waals surface area contributed by atoms with Crippen molar-refractivity contribution in [2.24, 2.45) is 5.92 Å². The summed E-state index contributed by atoms with van der Waals surface area (Å²) in [5, 5.41) is 8.96. The Bertz CT molecular complexity index is 2350. The molecule has 3 N–H and O–H groups in total. The number of sulfonamides is 1. The number of benzene rings is 2. The maximum Gasteiger partial charge on any atom is 0.259 e. The predicted octanol–water partition coefficient (Wildman–Crippen LogP) is 5.48. The van der Waals surface area contributed by atoms with Crippen LogP contribution in [-0.2, 0) is 24.4 Å². The number of hydrogen-bond donors (Lipinski definition) is 3. The van der Waals surface area contributed by atoms with E-state index in [-0.39, 0.29) is 30.6 Å². The average molecular weight is 821 g/mol. The number of halogens is 2. The molecule has 5 atom stereocenters. The maximum atomic E-state index is 14.7. The van der Waals surface area contributed by atoms with Crippen molar-refractivity contribution >= 4 is 55.0 Å². The van der Waals surface area contributed by atoms with Gasteiger partial charge in [0.2, 0.25) is 27.7 Å². The van der Waals surface area contributed by atoms with Crippen molar-refractivity contribution < 1.29 is 41.1 Å². The van der Waals surface area contributed by atoms with Gasteiger partial charge < -0.3 is 25.0 Å². The van der Waals surface area contributed by atoms with Crippen LogP contribution >= 0.6 is 11.3 Å². The van der Waals surface area contributed by atoms with Crippen LogP contribution in [0.5, 0.6) is 11.6 Å². The van der Waals surface area contributed by atoms with Crippen LogP contribution in [0, 0.1) is 17.6 Å². The molecule has 3 amide bonds. The van der Waals surface area contributed by atoms with Gasteiger partial charge in [0.15, 0.2) is 5.13 Å². The first-order valence-electron chi connectivity index (χ1n) is 19.1. The molecular formula is C40H42F2N6O7S2. The summed E-state index contributed by atoms with van der Waals surface area (Å²) < 4.78 is 68.1. The van der Waals surface area contributed by atoms with Gasteiger partial charge in [0.25, 0.3) is 5.91 Å². The average Bonchev–Trinajstić information content (AvgIpc) is 4.07. The second-order valence-electron chi connectivity index (χ2n) is 15.1. The summed E-state index contributed by atoms with van der Waals surface area (Å²) in [7, 11) is -2.33. The molecule has 0 radical (unpaired) electrons. The number of hydrogen-bond acceptors (Lipinski definition) is 11. The minimum absolute atomic E-state index is 0.00577. The van der Waals surface area contributed by atoms with E-state index in [0.717, 1.165) is 41.7 Å². The van der Waals surface area contributed by atoms with E-state index in [1.807, 2.05) is 30.4 Å². The van der Waals surface area contributed by atoms with Crippen molar-refractivity contribution in [3.05, 3.63) is 77.8 Å². The third-order valence-electron chi connectivity index (χ3n) is 11.1. The van der Waals surface area contributed by atoms with Crippen LogP contribution in [-0.4, -0.2) is 83.6 Å². The van der Waals surface area contributed by atoms with Gasteiger partial charge in [-0.2, -0.15) is 0 Å². The largest absolute Gasteiger partial charge is 0.497 e. The van der Waals surface area contributed by atoms with Gasteiger partial charge in [0.05, 0.1) is 24.6 Å². The number of pyridine rings is 1. The van der Waals surface area contributed by atoms with Gasteiger partial charge >= 0.3 is 0 Å². The Labute approximate surface area is 332 Å². The number of carbonyl (C=O) groups is 3. The molecule has 2 aromatic carbocycles. The van der Waals surface area contributed by atoms with E-state index in [1.165, 1.54) is 11.0 Å². The lowest BCUT2D eigenvalue weighted by Gasteiger charge is -2.29. The third-order valence-corrected chi connectivity index (χ3v) is 13.7. The van der Waals surface area contributed by atoms with Gasteiger partial charge in [0.1, 0.15) is 41.1 Å². The zero-order valence-electron chi connectivity index (χ0n) is 31.1. The molecule has 1 saturated heterocycles. The summed E-state index contributed by atoms with van der Waals surface area (Å²) in [6.45, 7) is 0.00577. The summed E-state index contributed by atoms with van der Waals surface area (Å²) in [6, 6.07) is 8.56. The highest BCUT2D eigenvalue weighted by Crippen LogP contribution is 2.46.